The number of hydrogen-bond donors (Lipinski definition) is 2. The van der Waals surface area contributed by atoms with Crippen molar-refractivity contribution in [3.8, 4) is 0 Å². The summed E-state index contributed by atoms with van der Waals surface area (Å²) in [5.41, 5.74) is 1.25. The Hall–Kier alpha value is -2.22. The van der Waals surface area contributed by atoms with Gasteiger partial charge < -0.3 is 14.6 Å². The summed E-state index contributed by atoms with van der Waals surface area (Å²) in [4.78, 5) is 26.0. The molecular formula is C15H22N6O2. The van der Waals surface area contributed by atoms with E-state index in [1.54, 1.807) is 11.9 Å². The standard InChI is InChI=1S/C15H22N6O2/c1-8-13(17-9(2)16-8)15(22)21(4)7-12-11(5-6-23-12)14-18-10(3)19-20-14/h11-12H,5-7H2,1-4H3,(H,16,17)(H,18,19,20)/t11-,12-/m1/s1. The van der Waals surface area contributed by atoms with Crippen LogP contribution in [0.25, 0.3) is 0 Å². The van der Waals surface area contributed by atoms with Crippen LogP contribution in [0.3, 0.4) is 0 Å². The molecule has 0 unspecified atom stereocenters. The first-order valence-electron chi connectivity index (χ1n) is 7.75. The molecule has 2 aromatic heterocycles. The lowest BCUT2D eigenvalue weighted by atomic mass is 10.0. The van der Waals surface area contributed by atoms with E-state index in [2.05, 4.69) is 25.1 Å². The van der Waals surface area contributed by atoms with Crippen molar-refractivity contribution in [2.75, 3.05) is 20.2 Å². The van der Waals surface area contributed by atoms with E-state index in [0.29, 0.717) is 18.8 Å². The normalized spacial score (nSPS) is 20.9. The Morgan fingerprint density at radius 1 is 1.30 bits per heavy atom. The van der Waals surface area contributed by atoms with Crippen molar-refractivity contribution in [2.24, 2.45) is 0 Å². The first-order valence-corrected chi connectivity index (χ1v) is 7.75. The van der Waals surface area contributed by atoms with Crippen molar-refractivity contribution >= 4 is 5.91 Å². The van der Waals surface area contributed by atoms with Gasteiger partial charge in [0.15, 0.2) is 5.82 Å². The average Bonchev–Trinajstić information content (AvgIpc) is 3.19. The fourth-order valence-corrected chi connectivity index (χ4v) is 3.00. The van der Waals surface area contributed by atoms with Gasteiger partial charge in [0, 0.05) is 25.9 Å². The first-order chi connectivity index (χ1) is 11.0. The number of rotatable bonds is 4. The molecule has 0 bridgehead atoms. The Balaban J connectivity index is 1.70. The molecular weight excluding hydrogens is 296 g/mol. The number of aryl methyl sites for hydroxylation is 3. The van der Waals surface area contributed by atoms with E-state index >= 15 is 0 Å². The van der Waals surface area contributed by atoms with Gasteiger partial charge in [-0.05, 0) is 27.2 Å². The van der Waals surface area contributed by atoms with Gasteiger partial charge in [-0.3, -0.25) is 9.89 Å². The molecule has 3 rings (SSSR count). The topological polar surface area (TPSA) is 99.8 Å². The second-order valence-electron chi connectivity index (χ2n) is 6.06. The zero-order valence-electron chi connectivity index (χ0n) is 13.9. The van der Waals surface area contributed by atoms with Crippen molar-refractivity contribution in [1.29, 1.82) is 0 Å². The van der Waals surface area contributed by atoms with Crippen molar-refractivity contribution in [3.63, 3.8) is 0 Å². The Labute approximate surface area is 134 Å². The summed E-state index contributed by atoms with van der Waals surface area (Å²) < 4.78 is 5.81. The average molecular weight is 318 g/mol. The highest BCUT2D eigenvalue weighted by molar-refractivity contribution is 5.93. The smallest absolute Gasteiger partial charge is 0.274 e. The van der Waals surface area contributed by atoms with Crippen LogP contribution < -0.4 is 0 Å². The molecule has 1 fully saturated rings. The van der Waals surface area contributed by atoms with Gasteiger partial charge in [-0.15, -0.1) is 0 Å². The lowest BCUT2D eigenvalue weighted by Crippen LogP contribution is -2.37. The maximum atomic E-state index is 12.6. The zero-order chi connectivity index (χ0) is 16.6. The van der Waals surface area contributed by atoms with Crippen LogP contribution in [0.4, 0.5) is 0 Å². The molecule has 1 aliphatic heterocycles. The van der Waals surface area contributed by atoms with Crippen LogP contribution in [0, 0.1) is 20.8 Å². The van der Waals surface area contributed by atoms with Crippen LogP contribution in [0.2, 0.25) is 0 Å². The molecule has 2 N–H and O–H groups in total. The highest BCUT2D eigenvalue weighted by atomic mass is 16.5. The lowest BCUT2D eigenvalue weighted by molar-refractivity contribution is 0.0546. The Morgan fingerprint density at radius 3 is 2.70 bits per heavy atom. The van der Waals surface area contributed by atoms with Gasteiger partial charge in [-0.1, -0.05) is 0 Å². The van der Waals surface area contributed by atoms with Gasteiger partial charge in [0.05, 0.1) is 12.0 Å². The SMILES string of the molecule is Cc1nc([C@@H]2CCO[C@@H]2CN(C)C(=O)c2nc(C)[nH]c2C)n[nH]1. The maximum Gasteiger partial charge on any atom is 0.274 e. The quantitative estimate of drug-likeness (QED) is 0.879. The van der Waals surface area contributed by atoms with Crippen molar-refractivity contribution < 1.29 is 9.53 Å². The van der Waals surface area contributed by atoms with Crippen molar-refractivity contribution in [2.45, 2.75) is 39.2 Å². The molecule has 1 aliphatic rings. The van der Waals surface area contributed by atoms with Crippen LogP contribution in [-0.4, -0.2) is 62.3 Å². The summed E-state index contributed by atoms with van der Waals surface area (Å²) in [5, 5.41) is 7.11. The van der Waals surface area contributed by atoms with Gasteiger partial charge in [0.1, 0.15) is 17.3 Å². The molecule has 0 spiro atoms. The zero-order valence-corrected chi connectivity index (χ0v) is 13.9. The number of carbonyl (C=O) groups excluding carboxylic acids is 1. The molecule has 8 nitrogen and oxygen atoms in total. The largest absolute Gasteiger partial charge is 0.376 e. The second kappa shape index (κ2) is 6.11. The molecule has 2 aromatic rings. The molecule has 124 valence electrons. The van der Waals surface area contributed by atoms with Crippen LogP contribution >= 0.6 is 0 Å². The third kappa shape index (κ3) is 3.12. The fourth-order valence-electron chi connectivity index (χ4n) is 3.00. The predicted octanol–water partition coefficient (Wildman–Crippen LogP) is 1.10. The van der Waals surface area contributed by atoms with E-state index < -0.39 is 0 Å². The molecule has 1 saturated heterocycles. The Morgan fingerprint density at radius 2 is 2.09 bits per heavy atom. The van der Waals surface area contributed by atoms with E-state index in [0.717, 1.165) is 29.6 Å². The van der Waals surface area contributed by atoms with Gasteiger partial charge in [-0.2, -0.15) is 5.10 Å². The lowest BCUT2D eigenvalue weighted by Gasteiger charge is -2.23. The number of hydrogen-bond acceptors (Lipinski definition) is 5. The van der Waals surface area contributed by atoms with Crippen LogP contribution in [0.1, 0.15) is 46.0 Å². The van der Waals surface area contributed by atoms with E-state index in [9.17, 15) is 4.79 Å². The van der Waals surface area contributed by atoms with E-state index in [1.165, 1.54) is 0 Å². The van der Waals surface area contributed by atoms with Gasteiger partial charge >= 0.3 is 0 Å². The molecule has 8 heteroatoms. The number of nitrogens with one attached hydrogen (secondary N) is 2. The van der Waals surface area contributed by atoms with Gasteiger partial charge in [-0.25, -0.2) is 9.97 Å². The first kappa shape index (κ1) is 15.7. The number of ether oxygens (including phenoxy) is 1. The van der Waals surface area contributed by atoms with Crippen LogP contribution in [0.15, 0.2) is 0 Å². The minimum atomic E-state index is -0.104. The van der Waals surface area contributed by atoms with Crippen molar-refractivity contribution in [3.05, 3.63) is 28.9 Å². The predicted molar refractivity (Wildman–Crippen MR) is 83.2 cm³/mol. The molecule has 0 saturated carbocycles. The molecule has 0 aliphatic carbocycles. The van der Waals surface area contributed by atoms with E-state index in [4.69, 9.17) is 4.74 Å². The van der Waals surface area contributed by atoms with E-state index in [-0.39, 0.29) is 17.9 Å². The number of nitrogens with zero attached hydrogens (tertiary/aromatic N) is 4. The summed E-state index contributed by atoms with van der Waals surface area (Å²) in [7, 11) is 1.77. The molecule has 23 heavy (non-hydrogen) atoms. The highest BCUT2D eigenvalue weighted by Crippen LogP contribution is 2.29. The molecule has 1 amide bonds. The monoisotopic (exact) mass is 318 g/mol. The Kier molecular flexibility index (Phi) is 4.16. The van der Waals surface area contributed by atoms with Gasteiger partial charge in [0.2, 0.25) is 0 Å². The minimum Gasteiger partial charge on any atom is -0.376 e. The van der Waals surface area contributed by atoms with Crippen LogP contribution in [-0.2, 0) is 4.74 Å². The number of aromatic nitrogens is 5. The molecule has 3 heterocycles. The molecule has 2 atom stereocenters. The summed E-state index contributed by atoms with van der Waals surface area (Å²) >= 11 is 0. The third-order valence-corrected chi connectivity index (χ3v) is 4.16. The Bertz CT molecular complexity index is 707. The van der Waals surface area contributed by atoms with Crippen LogP contribution in [0.5, 0.6) is 0 Å². The number of likely N-dealkylation sites (N-methyl/N-ethyl adjacent to an activating group) is 1. The number of carbonyl (C=O) groups is 1. The summed E-state index contributed by atoms with van der Waals surface area (Å²) in [5.74, 6) is 2.30. The number of aromatic amines is 2. The maximum absolute atomic E-state index is 12.6. The number of amides is 1. The minimum absolute atomic E-state index is 0.0977. The van der Waals surface area contributed by atoms with Crippen molar-refractivity contribution in [1.82, 2.24) is 30.0 Å². The fraction of sp³-hybridized carbons (Fsp3) is 0.600. The second-order valence-corrected chi connectivity index (χ2v) is 6.06. The van der Waals surface area contributed by atoms with Gasteiger partial charge in [0.25, 0.3) is 5.91 Å². The third-order valence-electron chi connectivity index (χ3n) is 4.16. The molecule has 0 radical (unpaired) electrons. The summed E-state index contributed by atoms with van der Waals surface area (Å²) in [6, 6.07) is 0. The number of imidazole rings is 1. The summed E-state index contributed by atoms with van der Waals surface area (Å²) in [6.45, 7) is 6.71. The summed E-state index contributed by atoms with van der Waals surface area (Å²) in [6.07, 6.45) is 0.768. The highest BCUT2D eigenvalue weighted by Gasteiger charge is 2.34. The molecule has 0 aromatic carbocycles. The number of H-pyrrole nitrogens is 2. The van der Waals surface area contributed by atoms with E-state index in [1.807, 2.05) is 20.8 Å².